The van der Waals surface area contributed by atoms with Crippen molar-refractivity contribution < 1.29 is 14.3 Å². The van der Waals surface area contributed by atoms with Crippen LogP contribution in [0.5, 0.6) is 5.75 Å². The lowest BCUT2D eigenvalue weighted by Gasteiger charge is -2.50. The van der Waals surface area contributed by atoms with Crippen LogP contribution in [0.2, 0.25) is 0 Å². The third-order valence-corrected chi connectivity index (χ3v) is 8.61. The first-order valence-corrected chi connectivity index (χ1v) is 13.3. The SMILES string of the molecule is COc1cc(C(=O)NC2CC3(CCNCC3)C2)ccc1Nc1ncc2c(n1)N1CCC[C@@H]1CC(=O)N2C. The molecule has 2 saturated heterocycles. The van der Waals surface area contributed by atoms with Gasteiger partial charge in [-0.1, -0.05) is 0 Å². The fourth-order valence-corrected chi connectivity index (χ4v) is 6.45. The number of aromatic nitrogens is 2. The standard InChI is InChI=1S/C27H35N7O3/c1-33-21-16-29-26(32-24(21)34-11-3-4-19(34)13-23(33)35)31-20-6-5-17(12-22(20)37-2)25(36)30-18-14-27(15-18)7-9-28-10-8-27/h5-6,12,16,18-19,28H,3-4,7-11,13-15H2,1-2H3,(H,30,36)(H,29,31,32)/t19-/m1/s1. The summed E-state index contributed by atoms with van der Waals surface area (Å²) < 4.78 is 5.61. The van der Waals surface area contributed by atoms with Gasteiger partial charge >= 0.3 is 0 Å². The Hall–Kier alpha value is -3.40. The van der Waals surface area contributed by atoms with Gasteiger partial charge in [0.15, 0.2) is 5.82 Å². The van der Waals surface area contributed by atoms with E-state index in [1.165, 1.54) is 12.8 Å². The van der Waals surface area contributed by atoms with Gasteiger partial charge < -0.3 is 30.5 Å². The molecule has 3 fully saturated rings. The van der Waals surface area contributed by atoms with Crippen LogP contribution in [0.25, 0.3) is 0 Å². The quantitative estimate of drug-likeness (QED) is 0.569. The minimum Gasteiger partial charge on any atom is -0.495 e. The summed E-state index contributed by atoms with van der Waals surface area (Å²) in [5, 5.41) is 9.87. The smallest absolute Gasteiger partial charge is 0.251 e. The number of anilines is 4. The fraction of sp³-hybridized carbons (Fsp3) is 0.556. The van der Waals surface area contributed by atoms with E-state index in [4.69, 9.17) is 9.72 Å². The van der Waals surface area contributed by atoms with Gasteiger partial charge in [-0.3, -0.25) is 9.59 Å². The molecule has 0 radical (unpaired) electrons. The molecule has 3 aliphatic heterocycles. The number of ether oxygens (including phenoxy) is 1. The number of amides is 2. The number of benzene rings is 1. The molecule has 1 aromatic heterocycles. The topological polar surface area (TPSA) is 112 Å². The van der Waals surface area contributed by atoms with Crippen LogP contribution in [0.15, 0.2) is 24.4 Å². The van der Waals surface area contributed by atoms with Crippen LogP contribution in [0.3, 0.4) is 0 Å². The van der Waals surface area contributed by atoms with Crippen LogP contribution >= 0.6 is 0 Å². The van der Waals surface area contributed by atoms with Gasteiger partial charge in [0.2, 0.25) is 11.9 Å². The first-order chi connectivity index (χ1) is 17.9. The Balaban J connectivity index is 1.17. The van der Waals surface area contributed by atoms with Gasteiger partial charge in [0, 0.05) is 37.7 Å². The van der Waals surface area contributed by atoms with Gasteiger partial charge in [0.1, 0.15) is 11.4 Å². The molecule has 2 aromatic rings. The predicted octanol–water partition coefficient (Wildman–Crippen LogP) is 2.83. The van der Waals surface area contributed by atoms with Crippen LogP contribution in [0.1, 0.15) is 55.3 Å². The number of methoxy groups -OCH3 is 1. The van der Waals surface area contributed by atoms with Gasteiger partial charge in [0.05, 0.1) is 19.0 Å². The zero-order chi connectivity index (χ0) is 25.6. The van der Waals surface area contributed by atoms with Crippen molar-refractivity contribution in [3.63, 3.8) is 0 Å². The molecule has 37 heavy (non-hydrogen) atoms. The number of piperidine rings is 1. The maximum Gasteiger partial charge on any atom is 0.251 e. The van der Waals surface area contributed by atoms with E-state index >= 15 is 0 Å². The highest BCUT2D eigenvalue weighted by Crippen LogP contribution is 2.48. The second kappa shape index (κ2) is 9.48. The summed E-state index contributed by atoms with van der Waals surface area (Å²) >= 11 is 0. The highest BCUT2D eigenvalue weighted by atomic mass is 16.5. The van der Waals surface area contributed by atoms with Gasteiger partial charge in [-0.05, 0) is 75.2 Å². The minimum atomic E-state index is -0.0762. The van der Waals surface area contributed by atoms with Crippen molar-refractivity contribution in [1.29, 1.82) is 0 Å². The summed E-state index contributed by atoms with van der Waals surface area (Å²) in [6.45, 7) is 3.03. The van der Waals surface area contributed by atoms with Crippen LogP contribution in [0.4, 0.5) is 23.1 Å². The number of rotatable bonds is 5. The summed E-state index contributed by atoms with van der Waals surface area (Å²) in [5.41, 5.74) is 2.38. The van der Waals surface area contributed by atoms with E-state index in [2.05, 4.69) is 25.8 Å². The third-order valence-electron chi connectivity index (χ3n) is 8.61. The third kappa shape index (κ3) is 4.47. The first-order valence-electron chi connectivity index (χ1n) is 13.3. The first kappa shape index (κ1) is 24.0. The van der Waals surface area contributed by atoms with Gasteiger partial charge in [-0.2, -0.15) is 4.98 Å². The van der Waals surface area contributed by atoms with Crippen LogP contribution in [-0.2, 0) is 4.79 Å². The second-order valence-corrected chi connectivity index (χ2v) is 10.9. The zero-order valence-corrected chi connectivity index (χ0v) is 21.5. The number of fused-ring (bicyclic) bond motifs is 3. The number of hydrogen-bond donors (Lipinski definition) is 3. The lowest BCUT2D eigenvalue weighted by molar-refractivity contribution is -0.118. The highest BCUT2D eigenvalue weighted by Gasteiger charge is 2.45. The summed E-state index contributed by atoms with van der Waals surface area (Å²) in [6, 6.07) is 5.79. The van der Waals surface area contributed by atoms with Crippen molar-refractivity contribution >= 4 is 35.0 Å². The van der Waals surface area contributed by atoms with Crippen molar-refractivity contribution in [2.24, 2.45) is 5.41 Å². The maximum absolute atomic E-state index is 13.0. The average Bonchev–Trinajstić information content (AvgIpc) is 3.32. The number of carbonyl (C=O) groups is 2. The van der Waals surface area contributed by atoms with Gasteiger partial charge in [0.25, 0.3) is 5.91 Å². The van der Waals surface area contributed by atoms with Crippen molar-refractivity contribution in [1.82, 2.24) is 20.6 Å². The van der Waals surface area contributed by atoms with E-state index in [0.29, 0.717) is 34.8 Å². The Bertz CT molecular complexity index is 1200. The van der Waals surface area contributed by atoms with Crippen molar-refractivity contribution in [3.05, 3.63) is 30.0 Å². The number of carbonyl (C=O) groups excluding carboxylic acids is 2. The highest BCUT2D eigenvalue weighted by molar-refractivity contribution is 5.98. The molecular weight excluding hydrogens is 470 g/mol. The van der Waals surface area contributed by atoms with Crippen molar-refractivity contribution in [2.75, 3.05) is 48.9 Å². The zero-order valence-electron chi connectivity index (χ0n) is 21.5. The molecule has 3 N–H and O–H groups in total. The molecule has 1 spiro atoms. The number of hydrogen-bond acceptors (Lipinski definition) is 8. The lowest BCUT2D eigenvalue weighted by Crippen LogP contribution is -2.54. The molecule has 1 aliphatic carbocycles. The van der Waals surface area contributed by atoms with Crippen LogP contribution < -0.4 is 30.5 Å². The molecule has 1 aromatic carbocycles. The summed E-state index contributed by atoms with van der Waals surface area (Å²) in [7, 11) is 3.37. The predicted molar refractivity (Wildman–Crippen MR) is 142 cm³/mol. The Kier molecular flexibility index (Phi) is 6.14. The molecule has 0 unspecified atom stereocenters. The second-order valence-electron chi connectivity index (χ2n) is 10.9. The largest absolute Gasteiger partial charge is 0.495 e. The molecule has 2 amide bonds. The lowest BCUT2D eigenvalue weighted by atomic mass is 9.60. The normalized spacial score (nSPS) is 22.6. The summed E-state index contributed by atoms with van der Waals surface area (Å²) in [4.78, 5) is 38.7. The van der Waals surface area contributed by atoms with Crippen LogP contribution in [0, 0.1) is 5.41 Å². The minimum absolute atomic E-state index is 0.0762. The molecule has 10 heteroatoms. The fourth-order valence-electron chi connectivity index (χ4n) is 6.45. The Morgan fingerprint density at radius 1 is 1.24 bits per heavy atom. The number of nitrogens with one attached hydrogen (secondary N) is 3. The van der Waals surface area contributed by atoms with Gasteiger partial charge in [-0.25, -0.2) is 4.98 Å². The Morgan fingerprint density at radius 2 is 2.05 bits per heavy atom. The monoisotopic (exact) mass is 505 g/mol. The van der Waals surface area contributed by atoms with E-state index in [1.807, 2.05) is 6.07 Å². The Labute approximate surface area is 217 Å². The molecule has 4 aliphatic rings. The molecule has 1 atom stereocenters. The summed E-state index contributed by atoms with van der Waals surface area (Å²) in [5.74, 6) is 1.75. The Morgan fingerprint density at radius 3 is 2.84 bits per heavy atom. The van der Waals surface area contributed by atoms with E-state index in [0.717, 1.165) is 56.8 Å². The van der Waals surface area contributed by atoms with E-state index in [1.54, 1.807) is 37.4 Å². The summed E-state index contributed by atoms with van der Waals surface area (Å²) in [6.07, 6.45) is 8.74. The van der Waals surface area contributed by atoms with E-state index in [-0.39, 0.29) is 23.9 Å². The maximum atomic E-state index is 13.0. The van der Waals surface area contributed by atoms with Gasteiger partial charge in [-0.15, -0.1) is 0 Å². The molecule has 6 rings (SSSR count). The average molecular weight is 506 g/mol. The molecule has 1 saturated carbocycles. The molecule has 196 valence electrons. The molecule has 0 bridgehead atoms. The van der Waals surface area contributed by atoms with E-state index < -0.39 is 0 Å². The molecular formula is C27H35N7O3. The molecule has 10 nitrogen and oxygen atoms in total. The van der Waals surface area contributed by atoms with E-state index in [9.17, 15) is 9.59 Å². The van der Waals surface area contributed by atoms with Crippen molar-refractivity contribution in [2.45, 2.75) is 57.0 Å². The molecule has 4 heterocycles. The number of nitrogens with zero attached hydrogens (tertiary/aromatic N) is 4. The van der Waals surface area contributed by atoms with Crippen LogP contribution in [-0.4, -0.2) is 67.7 Å². The van der Waals surface area contributed by atoms with Crippen molar-refractivity contribution in [3.8, 4) is 5.75 Å².